The molecule has 0 unspecified atom stereocenters. The lowest BCUT2D eigenvalue weighted by Crippen LogP contribution is -2.48. The lowest BCUT2D eigenvalue weighted by molar-refractivity contribution is -0.143. The van der Waals surface area contributed by atoms with Gasteiger partial charge < -0.3 is 9.80 Å². The number of nitrogens with zero attached hydrogens (tertiary/aromatic N) is 2. The summed E-state index contributed by atoms with van der Waals surface area (Å²) in [5.41, 5.74) is 1.25. The highest BCUT2D eigenvalue weighted by atomic mass is 32.2. The zero-order chi connectivity index (χ0) is 15.8. The van der Waals surface area contributed by atoms with E-state index in [4.69, 9.17) is 0 Å². The van der Waals surface area contributed by atoms with Crippen LogP contribution in [0.5, 0.6) is 0 Å². The zero-order valence-corrected chi connectivity index (χ0v) is 14.0. The van der Waals surface area contributed by atoms with Crippen LogP contribution in [-0.2, 0) is 9.59 Å². The summed E-state index contributed by atoms with van der Waals surface area (Å²) in [5, 5.41) is 0. The summed E-state index contributed by atoms with van der Waals surface area (Å²) >= 11 is 1.71. The summed E-state index contributed by atoms with van der Waals surface area (Å²) in [7, 11) is 0. The quantitative estimate of drug-likeness (QED) is 0.854. The first-order valence-electron chi connectivity index (χ1n) is 8.47. The number of likely N-dealkylation sites (tertiary alicyclic amines) is 1. The second-order valence-corrected chi connectivity index (χ2v) is 7.72. The molecule has 23 heavy (non-hydrogen) atoms. The van der Waals surface area contributed by atoms with Gasteiger partial charge in [-0.1, -0.05) is 30.3 Å². The first-order chi connectivity index (χ1) is 11.3. The molecule has 1 saturated carbocycles. The van der Waals surface area contributed by atoms with E-state index in [9.17, 15) is 9.59 Å². The van der Waals surface area contributed by atoms with Gasteiger partial charge in [-0.05, 0) is 30.7 Å². The van der Waals surface area contributed by atoms with Gasteiger partial charge in [0.1, 0.15) is 6.04 Å². The summed E-state index contributed by atoms with van der Waals surface area (Å²) in [4.78, 5) is 29.3. The van der Waals surface area contributed by atoms with Gasteiger partial charge in [0.2, 0.25) is 11.8 Å². The predicted octanol–water partition coefficient (Wildman–Crippen LogP) is 2.31. The molecule has 3 fully saturated rings. The van der Waals surface area contributed by atoms with Crippen LogP contribution in [-0.4, -0.2) is 52.4 Å². The number of benzene rings is 1. The summed E-state index contributed by atoms with van der Waals surface area (Å²) < 4.78 is 0. The van der Waals surface area contributed by atoms with Crippen molar-refractivity contribution in [2.24, 2.45) is 5.92 Å². The molecule has 0 spiro atoms. The van der Waals surface area contributed by atoms with Crippen LogP contribution in [0.25, 0.3) is 0 Å². The Hall–Kier alpha value is -1.49. The van der Waals surface area contributed by atoms with Crippen LogP contribution < -0.4 is 0 Å². The standard InChI is InChI=1S/C18H22N2O2S/c21-17(15-10-14(15)13-6-2-1-3-7-13)20-12-23-11-16(20)18(22)19-8-4-5-9-19/h1-3,6-7,14-16H,4-5,8-12H2/t14-,15-,16-/m0/s1. The van der Waals surface area contributed by atoms with E-state index >= 15 is 0 Å². The Bertz CT molecular complexity index is 600. The van der Waals surface area contributed by atoms with Crippen LogP contribution in [0.1, 0.15) is 30.7 Å². The smallest absolute Gasteiger partial charge is 0.246 e. The Morgan fingerprint density at radius 1 is 1.04 bits per heavy atom. The summed E-state index contributed by atoms with van der Waals surface area (Å²) in [6.45, 7) is 1.72. The van der Waals surface area contributed by atoms with Gasteiger partial charge >= 0.3 is 0 Å². The molecule has 0 N–H and O–H groups in total. The summed E-state index contributed by atoms with van der Waals surface area (Å²) in [6.07, 6.45) is 3.12. The van der Waals surface area contributed by atoms with Gasteiger partial charge in [0, 0.05) is 24.8 Å². The van der Waals surface area contributed by atoms with E-state index in [1.54, 1.807) is 11.8 Å². The van der Waals surface area contributed by atoms with Crippen LogP contribution in [0.3, 0.4) is 0 Å². The number of thioether (sulfide) groups is 1. The van der Waals surface area contributed by atoms with E-state index in [2.05, 4.69) is 12.1 Å². The highest BCUT2D eigenvalue weighted by molar-refractivity contribution is 7.99. The maximum absolute atomic E-state index is 12.9. The summed E-state index contributed by atoms with van der Waals surface area (Å²) in [5.74, 6) is 2.19. The molecule has 2 heterocycles. The Labute approximate surface area is 141 Å². The molecule has 4 nitrogen and oxygen atoms in total. The number of rotatable bonds is 3. The van der Waals surface area contributed by atoms with E-state index in [0.29, 0.717) is 11.8 Å². The Kier molecular flexibility index (Phi) is 4.05. The van der Waals surface area contributed by atoms with Crippen molar-refractivity contribution in [3.05, 3.63) is 35.9 Å². The molecule has 5 heteroatoms. The third-order valence-electron chi connectivity index (χ3n) is 5.20. The minimum Gasteiger partial charge on any atom is -0.341 e. The summed E-state index contributed by atoms with van der Waals surface area (Å²) in [6, 6.07) is 10.0. The van der Waals surface area contributed by atoms with Crippen molar-refractivity contribution >= 4 is 23.6 Å². The minimum atomic E-state index is -0.234. The van der Waals surface area contributed by atoms with E-state index < -0.39 is 0 Å². The molecule has 0 bridgehead atoms. The minimum absolute atomic E-state index is 0.0741. The van der Waals surface area contributed by atoms with Gasteiger partial charge in [0.25, 0.3) is 0 Å². The van der Waals surface area contributed by atoms with Gasteiger partial charge in [-0.15, -0.1) is 11.8 Å². The van der Waals surface area contributed by atoms with E-state index in [0.717, 1.165) is 38.1 Å². The van der Waals surface area contributed by atoms with Crippen LogP contribution in [0, 0.1) is 5.92 Å². The number of amides is 2. The largest absolute Gasteiger partial charge is 0.341 e. The highest BCUT2D eigenvalue weighted by Gasteiger charge is 2.49. The Morgan fingerprint density at radius 2 is 1.78 bits per heavy atom. The van der Waals surface area contributed by atoms with Crippen molar-refractivity contribution in [1.29, 1.82) is 0 Å². The second kappa shape index (κ2) is 6.19. The van der Waals surface area contributed by atoms with E-state index in [1.165, 1.54) is 5.56 Å². The van der Waals surface area contributed by atoms with Gasteiger partial charge in [-0.3, -0.25) is 9.59 Å². The second-order valence-electron chi connectivity index (χ2n) is 6.72. The molecule has 3 aliphatic rings. The molecular formula is C18H22N2O2S. The van der Waals surface area contributed by atoms with Crippen molar-refractivity contribution in [2.45, 2.75) is 31.2 Å². The number of carbonyl (C=O) groups is 2. The monoisotopic (exact) mass is 330 g/mol. The molecule has 1 aliphatic carbocycles. The van der Waals surface area contributed by atoms with Gasteiger partial charge in [-0.25, -0.2) is 0 Å². The average molecular weight is 330 g/mol. The first kappa shape index (κ1) is 15.1. The van der Waals surface area contributed by atoms with Gasteiger partial charge in [0.15, 0.2) is 0 Å². The Morgan fingerprint density at radius 3 is 2.52 bits per heavy atom. The van der Waals surface area contributed by atoms with E-state index in [1.807, 2.05) is 28.0 Å². The third-order valence-corrected chi connectivity index (χ3v) is 6.22. The van der Waals surface area contributed by atoms with Gasteiger partial charge in [0.05, 0.1) is 5.88 Å². The first-order valence-corrected chi connectivity index (χ1v) is 9.63. The maximum atomic E-state index is 12.9. The third kappa shape index (κ3) is 2.87. The molecule has 0 radical (unpaired) electrons. The normalized spacial score (nSPS) is 29.8. The SMILES string of the molecule is O=C([C@@H]1CSCN1C(=O)[C@H]1C[C@H]1c1ccccc1)N1CCCC1. The molecule has 3 atom stereocenters. The number of carbonyl (C=O) groups excluding carboxylic acids is 2. The lowest BCUT2D eigenvalue weighted by atomic mass is 10.1. The predicted molar refractivity (Wildman–Crippen MR) is 91.1 cm³/mol. The van der Waals surface area contributed by atoms with E-state index in [-0.39, 0.29) is 23.8 Å². The van der Waals surface area contributed by atoms with Crippen molar-refractivity contribution in [1.82, 2.24) is 9.80 Å². The molecule has 2 amide bonds. The molecule has 1 aromatic rings. The molecule has 2 saturated heterocycles. The molecule has 1 aromatic carbocycles. The fourth-order valence-electron chi connectivity index (χ4n) is 3.76. The fraction of sp³-hybridized carbons (Fsp3) is 0.556. The molecule has 2 aliphatic heterocycles. The average Bonchev–Trinajstić information content (AvgIpc) is 3.01. The van der Waals surface area contributed by atoms with Crippen molar-refractivity contribution < 1.29 is 9.59 Å². The van der Waals surface area contributed by atoms with Crippen LogP contribution >= 0.6 is 11.8 Å². The number of hydrogen-bond donors (Lipinski definition) is 0. The van der Waals surface area contributed by atoms with Crippen molar-refractivity contribution in [2.75, 3.05) is 24.7 Å². The number of hydrogen-bond acceptors (Lipinski definition) is 3. The van der Waals surface area contributed by atoms with Crippen LogP contribution in [0.4, 0.5) is 0 Å². The maximum Gasteiger partial charge on any atom is 0.246 e. The lowest BCUT2D eigenvalue weighted by Gasteiger charge is -2.27. The molecule has 4 rings (SSSR count). The topological polar surface area (TPSA) is 40.6 Å². The molecule has 122 valence electrons. The van der Waals surface area contributed by atoms with Crippen LogP contribution in [0.15, 0.2) is 30.3 Å². The van der Waals surface area contributed by atoms with Crippen molar-refractivity contribution in [3.63, 3.8) is 0 Å². The Balaban J connectivity index is 1.43. The molecular weight excluding hydrogens is 308 g/mol. The fourth-order valence-corrected chi connectivity index (χ4v) is 4.92. The highest BCUT2D eigenvalue weighted by Crippen LogP contribution is 2.49. The van der Waals surface area contributed by atoms with Crippen LogP contribution in [0.2, 0.25) is 0 Å². The molecule has 0 aromatic heterocycles. The zero-order valence-electron chi connectivity index (χ0n) is 13.2. The van der Waals surface area contributed by atoms with Crippen molar-refractivity contribution in [3.8, 4) is 0 Å². The van der Waals surface area contributed by atoms with Gasteiger partial charge in [-0.2, -0.15) is 0 Å².